The number of aryl methyl sites for hydroxylation is 2. The lowest BCUT2D eigenvalue weighted by molar-refractivity contribution is -0.159. The molecule has 1 aliphatic rings. The van der Waals surface area contributed by atoms with Crippen LogP contribution in [0.5, 0.6) is 0 Å². The van der Waals surface area contributed by atoms with Crippen LogP contribution in [0.3, 0.4) is 0 Å². The molecule has 1 atom stereocenters. The highest BCUT2D eigenvalue weighted by Gasteiger charge is 2.29. The van der Waals surface area contributed by atoms with E-state index in [1.807, 2.05) is 25.1 Å². The Morgan fingerprint density at radius 2 is 1.44 bits per heavy atom. The summed E-state index contributed by atoms with van der Waals surface area (Å²) in [7, 11) is -3.38. The van der Waals surface area contributed by atoms with E-state index in [9.17, 15) is 8.42 Å². The highest BCUT2D eigenvalue weighted by atomic mass is 32.2. The van der Waals surface area contributed by atoms with Crippen LogP contribution in [0.15, 0.2) is 59.5 Å². The molecular weight excluding hydrogens is 432 g/mol. The van der Waals surface area contributed by atoms with Crippen molar-refractivity contribution in [3.63, 3.8) is 0 Å². The summed E-state index contributed by atoms with van der Waals surface area (Å²) in [5, 5.41) is 14.8. The zero-order chi connectivity index (χ0) is 23.7. The van der Waals surface area contributed by atoms with Gasteiger partial charge in [0, 0.05) is 32.2 Å². The molecule has 1 saturated heterocycles. The summed E-state index contributed by atoms with van der Waals surface area (Å²) >= 11 is 0. The number of carboxylic acids is 2. The molecule has 0 spiro atoms. The van der Waals surface area contributed by atoms with Crippen molar-refractivity contribution in [2.24, 2.45) is 0 Å². The third-order valence-electron chi connectivity index (χ3n) is 5.43. The predicted octanol–water partition coefficient (Wildman–Crippen LogP) is 2.48. The Bertz CT molecular complexity index is 973. The molecule has 2 N–H and O–H groups in total. The van der Waals surface area contributed by atoms with Gasteiger partial charge in [-0.25, -0.2) is 18.0 Å². The molecule has 2 aromatic rings. The minimum Gasteiger partial charge on any atom is -0.473 e. The minimum absolute atomic E-state index is 0.397. The summed E-state index contributed by atoms with van der Waals surface area (Å²) in [5.74, 6) is -3.65. The molecule has 3 rings (SSSR count). The van der Waals surface area contributed by atoms with E-state index in [-0.39, 0.29) is 0 Å². The first-order valence-corrected chi connectivity index (χ1v) is 11.9. The lowest BCUT2D eigenvalue weighted by Crippen LogP contribution is -2.51. The van der Waals surface area contributed by atoms with E-state index < -0.39 is 22.0 Å². The van der Waals surface area contributed by atoms with Gasteiger partial charge in [0.15, 0.2) is 0 Å². The molecular formula is C23H30N2O6S. The van der Waals surface area contributed by atoms with E-state index in [4.69, 9.17) is 19.8 Å². The summed E-state index contributed by atoms with van der Waals surface area (Å²) < 4.78 is 27.2. The lowest BCUT2D eigenvalue weighted by Gasteiger charge is -2.37. The standard InChI is InChI=1S/C21H28N2O2S.C2H2O4/c1-18-8-12-21(13-9-18)26(24,25)23-16-14-22(15-17-23)19(2)10-11-20-6-4-3-5-7-20;3-1(4)2(5)6/h3-9,12-13,19H,10-11,14-17H2,1-2H3;(H,3,4)(H,5,6). The van der Waals surface area contributed by atoms with Crippen LogP contribution in [0, 0.1) is 6.92 Å². The molecule has 1 unspecified atom stereocenters. The highest BCUT2D eigenvalue weighted by molar-refractivity contribution is 7.89. The van der Waals surface area contributed by atoms with Gasteiger partial charge in [0.25, 0.3) is 0 Å². The van der Waals surface area contributed by atoms with Crippen LogP contribution < -0.4 is 0 Å². The fraction of sp³-hybridized carbons (Fsp3) is 0.391. The zero-order valence-electron chi connectivity index (χ0n) is 18.3. The van der Waals surface area contributed by atoms with E-state index in [1.165, 1.54) is 5.56 Å². The van der Waals surface area contributed by atoms with Crippen LogP contribution >= 0.6 is 0 Å². The van der Waals surface area contributed by atoms with Crippen LogP contribution in [0.25, 0.3) is 0 Å². The molecule has 0 aliphatic carbocycles. The molecule has 174 valence electrons. The Hall–Kier alpha value is -2.75. The Balaban J connectivity index is 0.000000534. The van der Waals surface area contributed by atoms with Gasteiger partial charge in [0.05, 0.1) is 4.90 Å². The average molecular weight is 463 g/mol. The second kappa shape index (κ2) is 11.8. The first kappa shape index (κ1) is 25.5. The van der Waals surface area contributed by atoms with Gasteiger partial charge in [0.1, 0.15) is 0 Å². The van der Waals surface area contributed by atoms with Crippen LogP contribution in [-0.4, -0.2) is 72.0 Å². The van der Waals surface area contributed by atoms with Crippen molar-refractivity contribution in [3.8, 4) is 0 Å². The second-order valence-corrected chi connectivity index (χ2v) is 9.67. The van der Waals surface area contributed by atoms with Crippen molar-refractivity contribution in [1.29, 1.82) is 0 Å². The molecule has 0 radical (unpaired) electrons. The van der Waals surface area contributed by atoms with Crippen molar-refractivity contribution in [1.82, 2.24) is 9.21 Å². The van der Waals surface area contributed by atoms with Crippen LogP contribution in [-0.2, 0) is 26.0 Å². The van der Waals surface area contributed by atoms with Gasteiger partial charge in [0.2, 0.25) is 10.0 Å². The Kier molecular flexibility index (Phi) is 9.37. The number of hydrogen-bond acceptors (Lipinski definition) is 5. The Morgan fingerprint density at radius 3 is 1.94 bits per heavy atom. The van der Waals surface area contributed by atoms with E-state index >= 15 is 0 Å². The van der Waals surface area contributed by atoms with Crippen molar-refractivity contribution in [2.45, 2.75) is 37.6 Å². The second-order valence-electron chi connectivity index (χ2n) is 7.74. The smallest absolute Gasteiger partial charge is 0.414 e. The third kappa shape index (κ3) is 7.44. The van der Waals surface area contributed by atoms with Crippen molar-refractivity contribution < 1.29 is 28.2 Å². The molecule has 1 aliphatic heterocycles. The molecule has 1 heterocycles. The number of piperazine rings is 1. The first-order valence-electron chi connectivity index (χ1n) is 10.4. The van der Waals surface area contributed by atoms with Crippen LogP contribution in [0.1, 0.15) is 24.5 Å². The molecule has 9 heteroatoms. The van der Waals surface area contributed by atoms with Gasteiger partial charge in [-0.05, 0) is 44.4 Å². The van der Waals surface area contributed by atoms with Gasteiger partial charge in [-0.2, -0.15) is 4.31 Å². The fourth-order valence-electron chi connectivity index (χ4n) is 3.45. The maximum atomic E-state index is 12.8. The molecule has 0 amide bonds. The monoisotopic (exact) mass is 462 g/mol. The fourth-order valence-corrected chi connectivity index (χ4v) is 4.87. The van der Waals surface area contributed by atoms with Crippen molar-refractivity contribution >= 4 is 22.0 Å². The topological polar surface area (TPSA) is 115 Å². The molecule has 1 fully saturated rings. The molecule has 2 aromatic carbocycles. The molecule has 0 bridgehead atoms. The van der Waals surface area contributed by atoms with E-state index in [0.29, 0.717) is 24.0 Å². The number of nitrogens with zero attached hydrogens (tertiary/aromatic N) is 2. The third-order valence-corrected chi connectivity index (χ3v) is 7.34. The average Bonchev–Trinajstić information content (AvgIpc) is 2.79. The largest absolute Gasteiger partial charge is 0.473 e. The van der Waals surface area contributed by atoms with E-state index in [1.54, 1.807) is 16.4 Å². The number of carboxylic acid groups (broad SMARTS) is 2. The summed E-state index contributed by atoms with van der Waals surface area (Å²) in [6.45, 7) is 6.92. The molecule has 32 heavy (non-hydrogen) atoms. The molecule has 0 aromatic heterocycles. The number of aliphatic carboxylic acids is 2. The molecule has 0 saturated carbocycles. The predicted molar refractivity (Wildman–Crippen MR) is 121 cm³/mol. The van der Waals surface area contributed by atoms with Crippen molar-refractivity contribution in [2.75, 3.05) is 26.2 Å². The van der Waals surface area contributed by atoms with Gasteiger partial charge < -0.3 is 10.2 Å². The lowest BCUT2D eigenvalue weighted by atomic mass is 10.0. The summed E-state index contributed by atoms with van der Waals surface area (Å²) in [5.41, 5.74) is 2.43. The van der Waals surface area contributed by atoms with E-state index in [2.05, 4.69) is 36.1 Å². The first-order chi connectivity index (χ1) is 15.1. The van der Waals surface area contributed by atoms with Gasteiger partial charge in [-0.1, -0.05) is 48.0 Å². The van der Waals surface area contributed by atoms with Gasteiger partial charge >= 0.3 is 11.9 Å². The van der Waals surface area contributed by atoms with Crippen LogP contribution in [0.2, 0.25) is 0 Å². The molecule has 8 nitrogen and oxygen atoms in total. The van der Waals surface area contributed by atoms with Crippen LogP contribution in [0.4, 0.5) is 0 Å². The Labute approximate surface area is 189 Å². The highest BCUT2D eigenvalue weighted by Crippen LogP contribution is 2.20. The number of carbonyl (C=O) groups is 2. The SMILES string of the molecule is Cc1ccc(S(=O)(=O)N2CCN(C(C)CCc3ccccc3)CC2)cc1.O=C(O)C(=O)O. The number of hydrogen-bond donors (Lipinski definition) is 2. The van der Waals surface area contributed by atoms with Crippen molar-refractivity contribution in [3.05, 3.63) is 65.7 Å². The van der Waals surface area contributed by atoms with E-state index in [0.717, 1.165) is 31.5 Å². The number of benzene rings is 2. The maximum absolute atomic E-state index is 12.8. The maximum Gasteiger partial charge on any atom is 0.414 e. The quantitative estimate of drug-likeness (QED) is 0.634. The zero-order valence-corrected chi connectivity index (χ0v) is 19.2. The normalized spacial score (nSPS) is 15.9. The van der Waals surface area contributed by atoms with Gasteiger partial charge in [-0.15, -0.1) is 0 Å². The Morgan fingerprint density at radius 1 is 0.906 bits per heavy atom. The summed E-state index contributed by atoms with van der Waals surface area (Å²) in [6.07, 6.45) is 2.15. The van der Waals surface area contributed by atoms with Gasteiger partial charge in [-0.3, -0.25) is 4.90 Å². The number of rotatable bonds is 6. The minimum atomic E-state index is -3.38. The summed E-state index contributed by atoms with van der Waals surface area (Å²) in [6, 6.07) is 18.1. The number of sulfonamides is 1. The summed E-state index contributed by atoms with van der Waals surface area (Å²) in [4.78, 5) is 21.0.